The summed E-state index contributed by atoms with van der Waals surface area (Å²) in [7, 11) is 0. The molecule has 162 valence electrons. The van der Waals surface area contributed by atoms with Crippen molar-refractivity contribution in [1.29, 1.82) is 0 Å². The molecule has 2 N–H and O–H groups in total. The van der Waals surface area contributed by atoms with Gasteiger partial charge in [-0.2, -0.15) is 0 Å². The van der Waals surface area contributed by atoms with Crippen molar-refractivity contribution < 1.29 is 13.9 Å². The van der Waals surface area contributed by atoms with Crippen molar-refractivity contribution in [2.75, 3.05) is 13.1 Å². The summed E-state index contributed by atoms with van der Waals surface area (Å²) in [6.45, 7) is 7.07. The monoisotopic (exact) mass is 421 g/mol. The Morgan fingerprint density at radius 2 is 1.81 bits per heavy atom. The Bertz CT molecular complexity index is 1080. The summed E-state index contributed by atoms with van der Waals surface area (Å²) in [6, 6.07) is 14.7. The molecule has 0 unspecified atom stereocenters. The van der Waals surface area contributed by atoms with Gasteiger partial charge in [0.2, 0.25) is 0 Å². The maximum Gasteiger partial charge on any atom is 0.261 e. The zero-order valence-electron chi connectivity index (χ0n) is 17.8. The molecule has 4 rings (SSSR count). The number of aromatic amines is 1. The smallest absolute Gasteiger partial charge is 0.261 e. The highest BCUT2D eigenvalue weighted by atomic mass is 16.5. The predicted octanol–water partition coefficient (Wildman–Crippen LogP) is 3.17. The van der Waals surface area contributed by atoms with Crippen molar-refractivity contribution in [3.8, 4) is 11.5 Å². The van der Waals surface area contributed by atoms with Gasteiger partial charge in [0.15, 0.2) is 0 Å². The summed E-state index contributed by atoms with van der Waals surface area (Å²) in [5, 5.41) is 2.88. The molecule has 7 heteroatoms. The van der Waals surface area contributed by atoms with Crippen molar-refractivity contribution in [1.82, 2.24) is 15.2 Å². The quantitative estimate of drug-likeness (QED) is 0.638. The van der Waals surface area contributed by atoms with E-state index in [1.807, 2.05) is 18.2 Å². The molecular formula is C24H27N3O4. The number of benzene rings is 1. The minimum Gasteiger partial charge on any atom is -0.463 e. The molecule has 3 aromatic rings. The van der Waals surface area contributed by atoms with E-state index < -0.39 is 11.5 Å². The van der Waals surface area contributed by atoms with E-state index >= 15 is 0 Å². The first-order valence-corrected chi connectivity index (χ1v) is 10.5. The van der Waals surface area contributed by atoms with Crippen molar-refractivity contribution in [2.45, 2.75) is 39.1 Å². The number of pyridine rings is 1. The predicted molar refractivity (Wildman–Crippen MR) is 118 cm³/mol. The molecule has 0 spiro atoms. The molecule has 1 aliphatic heterocycles. The van der Waals surface area contributed by atoms with Crippen LogP contribution in [0.15, 0.2) is 64.0 Å². The van der Waals surface area contributed by atoms with Crippen LogP contribution in [0.3, 0.4) is 0 Å². The number of rotatable bonds is 6. The lowest BCUT2D eigenvalue weighted by molar-refractivity contribution is -0.0705. The largest absolute Gasteiger partial charge is 0.463 e. The molecule has 0 bridgehead atoms. The topological polar surface area (TPSA) is 87.6 Å². The second kappa shape index (κ2) is 9.32. The van der Waals surface area contributed by atoms with Crippen LogP contribution in [0, 0.1) is 0 Å². The molecule has 3 heterocycles. The fourth-order valence-electron chi connectivity index (χ4n) is 4.04. The maximum atomic E-state index is 12.6. The number of amides is 1. The lowest BCUT2D eigenvalue weighted by atomic mass is 10.1. The van der Waals surface area contributed by atoms with Crippen LogP contribution in [-0.2, 0) is 17.8 Å². The second-order valence-electron chi connectivity index (χ2n) is 7.99. The maximum absolute atomic E-state index is 12.6. The van der Waals surface area contributed by atoms with Crippen LogP contribution < -0.4 is 10.9 Å². The fraction of sp³-hybridized carbons (Fsp3) is 0.333. The molecule has 1 aromatic carbocycles. The zero-order chi connectivity index (χ0) is 21.8. The van der Waals surface area contributed by atoms with E-state index in [0.717, 1.165) is 30.8 Å². The second-order valence-corrected chi connectivity index (χ2v) is 7.99. The zero-order valence-corrected chi connectivity index (χ0v) is 17.8. The molecule has 1 saturated heterocycles. The fourth-order valence-corrected chi connectivity index (χ4v) is 4.04. The number of H-pyrrole nitrogens is 1. The number of nitrogens with zero attached hydrogens (tertiary/aromatic N) is 1. The number of hydrogen-bond donors (Lipinski definition) is 2. The standard InChI is InChI=1S/C24H27N3O4/c1-16-13-27(14-17(2)31-16)15-19-7-4-3-6-18(19)12-25-23(28)20-9-10-21(26-24(20)29)22-8-5-11-30-22/h3-11,16-17H,12-15H2,1-2H3,(H,25,28)(H,26,29)/t16-,17-/m0/s1. The average Bonchev–Trinajstić information content (AvgIpc) is 3.27. The third-order valence-electron chi connectivity index (χ3n) is 5.39. The third kappa shape index (κ3) is 5.13. The van der Waals surface area contributed by atoms with Gasteiger partial charge in [0.05, 0.1) is 24.2 Å². The van der Waals surface area contributed by atoms with Gasteiger partial charge in [-0.1, -0.05) is 24.3 Å². The van der Waals surface area contributed by atoms with Crippen LogP contribution in [-0.4, -0.2) is 41.1 Å². The van der Waals surface area contributed by atoms with Crippen molar-refractivity contribution in [3.63, 3.8) is 0 Å². The summed E-state index contributed by atoms with van der Waals surface area (Å²) < 4.78 is 11.1. The summed E-state index contributed by atoms with van der Waals surface area (Å²) >= 11 is 0. The molecule has 7 nitrogen and oxygen atoms in total. The number of hydrogen-bond acceptors (Lipinski definition) is 5. The number of aromatic nitrogens is 1. The summed E-state index contributed by atoms with van der Waals surface area (Å²) in [5.41, 5.74) is 2.35. The minimum atomic E-state index is -0.448. The van der Waals surface area contributed by atoms with Gasteiger partial charge in [-0.05, 0) is 49.2 Å². The van der Waals surface area contributed by atoms with E-state index in [1.54, 1.807) is 18.2 Å². The molecule has 0 saturated carbocycles. The summed E-state index contributed by atoms with van der Waals surface area (Å²) in [5.74, 6) is 0.139. The highest BCUT2D eigenvalue weighted by Crippen LogP contribution is 2.18. The van der Waals surface area contributed by atoms with Crippen LogP contribution in [0.1, 0.15) is 35.3 Å². The SMILES string of the molecule is C[C@H]1CN(Cc2ccccc2CNC(=O)c2ccc(-c3ccco3)[nH]c2=O)C[C@H](C)O1. The molecule has 1 aliphatic rings. The van der Waals surface area contributed by atoms with Crippen molar-refractivity contribution in [2.24, 2.45) is 0 Å². The Hall–Kier alpha value is -3.16. The average molecular weight is 421 g/mol. The number of carbonyl (C=O) groups is 1. The first-order chi connectivity index (χ1) is 15.0. The Labute approximate surface area is 181 Å². The number of ether oxygens (including phenoxy) is 1. The van der Waals surface area contributed by atoms with Gasteiger partial charge in [-0.25, -0.2) is 0 Å². The van der Waals surface area contributed by atoms with E-state index in [1.165, 1.54) is 12.3 Å². The van der Waals surface area contributed by atoms with E-state index in [9.17, 15) is 9.59 Å². The molecular weight excluding hydrogens is 394 g/mol. The van der Waals surface area contributed by atoms with Gasteiger partial charge in [0.25, 0.3) is 11.5 Å². The molecule has 1 fully saturated rings. The first kappa shape index (κ1) is 21.1. The Balaban J connectivity index is 1.42. The molecule has 0 aliphatic carbocycles. The molecule has 1 amide bonds. The lowest BCUT2D eigenvalue weighted by Crippen LogP contribution is -2.45. The molecule has 2 aromatic heterocycles. The van der Waals surface area contributed by atoms with Crippen molar-refractivity contribution >= 4 is 5.91 Å². The van der Waals surface area contributed by atoms with Crippen LogP contribution in [0.4, 0.5) is 0 Å². The van der Waals surface area contributed by atoms with E-state index in [4.69, 9.17) is 9.15 Å². The number of carbonyl (C=O) groups excluding carboxylic acids is 1. The van der Waals surface area contributed by atoms with Gasteiger partial charge in [-0.15, -0.1) is 0 Å². The normalized spacial score (nSPS) is 19.3. The van der Waals surface area contributed by atoms with E-state index in [0.29, 0.717) is 18.0 Å². The molecule has 0 radical (unpaired) electrons. The number of nitrogens with one attached hydrogen (secondary N) is 2. The van der Waals surface area contributed by atoms with Crippen molar-refractivity contribution in [3.05, 3.63) is 81.8 Å². The van der Waals surface area contributed by atoms with Gasteiger partial charge in [-0.3, -0.25) is 14.5 Å². The minimum absolute atomic E-state index is 0.0728. The van der Waals surface area contributed by atoms with Crippen LogP contribution >= 0.6 is 0 Å². The Kier molecular flexibility index (Phi) is 6.34. The van der Waals surface area contributed by atoms with Gasteiger partial charge >= 0.3 is 0 Å². The highest BCUT2D eigenvalue weighted by molar-refractivity contribution is 5.94. The van der Waals surface area contributed by atoms with Gasteiger partial charge < -0.3 is 19.5 Å². The number of morpholine rings is 1. The Morgan fingerprint density at radius 1 is 1.06 bits per heavy atom. The van der Waals surface area contributed by atoms with Gasteiger partial charge in [0.1, 0.15) is 11.3 Å². The summed E-state index contributed by atoms with van der Waals surface area (Å²) in [6.07, 6.45) is 1.93. The van der Waals surface area contributed by atoms with Crippen LogP contribution in [0.5, 0.6) is 0 Å². The first-order valence-electron chi connectivity index (χ1n) is 10.5. The number of furan rings is 1. The van der Waals surface area contributed by atoms with E-state index in [2.05, 4.69) is 35.1 Å². The molecule has 31 heavy (non-hydrogen) atoms. The highest BCUT2D eigenvalue weighted by Gasteiger charge is 2.22. The van der Waals surface area contributed by atoms with Crippen LogP contribution in [0.2, 0.25) is 0 Å². The third-order valence-corrected chi connectivity index (χ3v) is 5.39. The van der Waals surface area contributed by atoms with E-state index in [-0.39, 0.29) is 17.8 Å². The van der Waals surface area contributed by atoms with Gasteiger partial charge in [0, 0.05) is 26.2 Å². The van der Waals surface area contributed by atoms with Crippen LogP contribution in [0.25, 0.3) is 11.5 Å². The lowest BCUT2D eigenvalue weighted by Gasteiger charge is -2.35. The summed E-state index contributed by atoms with van der Waals surface area (Å²) in [4.78, 5) is 30.1. The molecule has 2 atom stereocenters. The Morgan fingerprint density at radius 3 is 2.48 bits per heavy atom.